The van der Waals surface area contributed by atoms with Gasteiger partial charge in [-0.25, -0.2) is 4.39 Å². The van der Waals surface area contributed by atoms with Gasteiger partial charge in [0.05, 0.1) is 6.42 Å². The van der Waals surface area contributed by atoms with Crippen molar-refractivity contribution in [3.63, 3.8) is 0 Å². The van der Waals surface area contributed by atoms with Crippen LogP contribution in [0.4, 0.5) is 10.2 Å². The van der Waals surface area contributed by atoms with Crippen LogP contribution in [0.2, 0.25) is 0 Å². The van der Waals surface area contributed by atoms with Crippen molar-refractivity contribution in [2.75, 3.05) is 5.32 Å². The number of rotatable bonds is 0. The molecule has 1 aromatic rings. The quantitative estimate of drug-likeness (QED) is 0.573. The number of anilines is 1. The first-order valence-electron chi connectivity index (χ1n) is 3.38. The number of H-pyrrole nitrogens is 1. The average molecular weight is 168 g/mol. The first-order valence-corrected chi connectivity index (χ1v) is 3.38. The summed E-state index contributed by atoms with van der Waals surface area (Å²) in [4.78, 5) is 23.8. The number of carbonyl (C=O) groups is 1. The molecule has 2 heterocycles. The van der Waals surface area contributed by atoms with E-state index < -0.39 is 11.4 Å². The lowest BCUT2D eigenvalue weighted by Crippen LogP contribution is -2.09. The van der Waals surface area contributed by atoms with E-state index in [0.29, 0.717) is 0 Å². The summed E-state index contributed by atoms with van der Waals surface area (Å²) >= 11 is 0. The first kappa shape index (κ1) is 7.02. The number of fused-ring (bicyclic) bond motifs is 1. The normalized spacial score (nSPS) is 14.2. The van der Waals surface area contributed by atoms with Crippen LogP contribution in [-0.2, 0) is 11.2 Å². The number of aromatic amines is 1. The fourth-order valence-electron chi connectivity index (χ4n) is 1.18. The van der Waals surface area contributed by atoms with Gasteiger partial charge in [-0.3, -0.25) is 9.59 Å². The maximum absolute atomic E-state index is 12.9. The fourth-order valence-corrected chi connectivity index (χ4v) is 1.18. The highest BCUT2D eigenvalue weighted by Crippen LogP contribution is 2.20. The number of hydrogen-bond donors (Lipinski definition) is 2. The van der Waals surface area contributed by atoms with E-state index in [2.05, 4.69) is 10.3 Å². The van der Waals surface area contributed by atoms with Crippen LogP contribution >= 0.6 is 0 Å². The van der Waals surface area contributed by atoms with Crippen molar-refractivity contribution < 1.29 is 9.18 Å². The van der Waals surface area contributed by atoms with Crippen molar-refractivity contribution in [3.05, 3.63) is 27.8 Å². The standard InChI is InChI=1S/C7H5FN2O2/c8-4-2-6(12)10-7-3(4)1-5(11)9-7/h2H,1H2,(H2,9,10,11,12). The number of hydrogen-bond acceptors (Lipinski definition) is 2. The van der Waals surface area contributed by atoms with E-state index >= 15 is 0 Å². The van der Waals surface area contributed by atoms with E-state index in [9.17, 15) is 14.0 Å². The predicted octanol–water partition coefficient (Wildman–Crippen LogP) is 0.00860. The van der Waals surface area contributed by atoms with E-state index in [-0.39, 0.29) is 23.7 Å². The van der Waals surface area contributed by atoms with Crippen molar-refractivity contribution in [1.82, 2.24) is 4.98 Å². The van der Waals surface area contributed by atoms with E-state index in [0.717, 1.165) is 6.07 Å². The maximum Gasteiger partial charge on any atom is 0.252 e. The number of nitrogens with one attached hydrogen (secondary N) is 2. The summed E-state index contributed by atoms with van der Waals surface area (Å²) in [6.07, 6.45) is -0.00204. The minimum atomic E-state index is -0.632. The molecule has 0 unspecified atom stereocenters. The van der Waals surface area contributed by atoms with Crippen LogP contribution < -0.4 is 10.9 Å². The Bertz CT molecular complexity index is 410. The Morgan fingerprint density at radius 1 is 1.42 bits per heavy atom. The zero-order valence-corrected chi connectivity index (χ0v) is 5.98. The summed E-state index contributed by atoms with van der Waals surface area (Å²) in [5.74, 6) is -0.747. The molecule has 0 bridgehead atoms. The fraction of sp³-hybridized carbons (Fsp3) is 0.143. The van der Waals surface area contributed by atoms with Gasteiger partial charge in [-0.1, -0.05) is 0 Å². The summed E-state index contributed by atoms with van der Waals surface area (Å²) < 4.78 is 12.9. The molecule has 4 nitrogen and oxygen atoms in total. The largest absolute Gasteiger partial charge is 0.312 e. The van der Waals surface area contributed by atoms with E-state index in [4.69, 9.17) is 0 Å². The second kappa shape index (κ2) is 2.17. The molecule has 1 aliphatic rings. The van der Waals surface area contributed by atoms with Gasteiger partial charge in [0, 0.05) is 11.6 Å². The van der Waals surface area contributed by atoms with E-state index in [1.165, 1.54) is 0 Å². The van der Waals surface area contributed by atoms with E-state index in [1.54, 1.807) is 0 Å². The lowest BCUT2D eigenvalue weighted by molar-refractivity contribution is -0.115. The van der Waals surface area contributed by atoms with Gasteiger partial charge in [-0.2, -0.15) is 0 Å². The molecule has 12 heavy (non-hydrogen) atoms. The molecule has 1 aliphatic heterocycles. The van der Waals surface area contributed by atoms with Crippen molar-refractivity contribution in [2.24, 2.45) is 0 Å². The van der Waals surface area contributed by atoms with Crippen LogP contribution in [0.3, 0.4) is 0 Å². The van der Waals surface area contributed by atoms with Crippen LogP contribution in [0.25, 0.3) is 0 Å². The smallest absolute Gasteiger partial charge is 0.252 e. The molecule has 0 saturated heterocycles. The Labute approximate surface area is 66.4 Å². The Morgan fingerprint density at radius 2 is 2.17 bits per heavy atom. The molecule has 1 aromatic heterocycles. The van der Waals surface area contributed by atoms with Crippen molar-refractivity contribution in [3.8, 4) is 0 Å². The van der Waals surface area contributed by atoms with Crippen LogP contribution in [0.5, 0.6) is 0 Å². The third-order valence-corrected chi connectivity index (χ3v) is 1.70. The molecule has 0 radical (unpaired) electrons. The van der Waals surface area contributed by atoms with Gasteiger partial charge in [0.2, 0.25) is 5.91 Å². The van der Waals surface area contributed by atoms with Crippen LogP contribution in [-0.4, -0.2) is 10.9 Å². The molecule has 0 aromatic carbocycles. The summed E-state index contributed by atoms with van der Waals surface area (Å²) in [5.41, 5.74) is -0.312. The highest BCUT2D eigenvalue weighted by molar-refractivity contribution is 5.97. The number of amides is 1. The summed E-state index contributed by atoms with van der Waals surface area (Å²) in [6.45, 7) is 0. The molecule has 0 spiro atoms. The summed E-state index contributed by atoms with van der Waals surface area (Å²) in [6, 6.07) is 0.832. The Balaban J connectivity index is 2.67. The number of pyridine rings is 1. The molecule has 5 heteroatoms. The molecule has 62 valence electrons. The van der Waals surface area contributed by atoms with Crippen molar-refractivity contribution in [1.29, 1.82) is 0 Å². The van der Waals surface area contributed by atoms with Crippen LogP contribution in [0.1, 0.15) is 5.56 Å². The van der Waals surface area contributed by atoms with Crippen LogP contribution in [0.15, 0.2) is 10.9 Å². The third kappa shape index (κ3) is 0.903. The first-order chi connectivity index (χ1) is 5.66. The van der Waals surface area contributed by atoms with E-state index in [1.807, 2.05) is 0 Å². The van der Waals surface area contributed by atoms with Gasteiger partial charge in [-0.05, 0) is 0 Å². The van der Waals surface area contributed by atoms with Gasteiger partial charge >= 0.3 is 0 Å². The van der Waals surface area contributed by atoms with Crippen LogP contribution in [0, 0.1) is 5.82 Å². The highest BCUT2D eigenvalue weighted by Gasteiger charge is 2.22. The maximum atomic E-state index is 12.9. The second-order valence-electron chi connectivity index (χ2n) is 2.56. The molecule has 0 saturated carbocycles. The highest BCUT2D eigenvalue weighted by atomic mass is 19.1. The molecule has 0 aliphatic carbocycles. The molecule has 2 N–H and O–H groups in total. The minimum absolute atomic E-state index is 0.00204. The topological polar surface area (TPSA) is 62.0 Å². The van der Waals surface area contributed by atoms with Crippen molar-refractivity contribution >= 4 is 11.7 Å². The molecule has 2 rings (SSSR count). The molecular weight excluding hydrogens is 163 g/mol. The molecule has 0 atom stereocenters. The summed E-state index contributed by atoms with van der Waals surface area (Å²) in [5, 5.41) is 2.34. The lowest BCUT2D eigenvalue weighted by Gasteiger charge is -1.96. The van der Waals surface area contributed by atoms with Gasteiger partial charge in [0.25, 0.3) is 5.56 Å². The van der Waals surface area contributed by atoms with Gasteiger partial charge < -0.3 is 10.3 Å². The average Bonchev–Trinajstić information content (AvgIpc) is 2.29. The zero-order chi connectivity index (χ0) is 8.72. The third-order valence-electron chi connectivity index (χ3n) is 1.70. The van der Waals surface area contributed by atoms with Crippen molar-refractivity contribution in [2.45, 2.75) is 6.42 Å². The number of carbonyl (C=O) groups excluding carboxylic acids is 1. The molecular formula is C7H5FN2O2. The Morgan fingerprint density at radius 3 is 2.92 bits per heavy atom. The SMILES string of the molecule is O=C1Cc2c(F)cc(=O)[nH]c2N1. The van der Waals surface area contributed by atoms with Gasteiger partial charge in [0.1, 0.15) is 11.6 Å². The zero-order valence-electron chi connectivity index (χ0n) is 5.98. The van der Waals surface area contributed by atoms with Gasteiger partial charge in [0.15, 0.2) is 0 Å². The number of halogens is 1. The number of aromatic nitrogens is 1. The Kier molecular flexibility index (Phi) is 1.27. The Hall–Kier alpha value is -1.65. The molecule has 0 fully saturated rings. The monoisotopic (exact) mass is 168 g/mol. The van der Waals surface area contributed by atoms with Gasteiger partial charge in [-0.15, -0.1) is 0 Å². The predicted molar refractivity (Wildman–Crippen MR) is 39.4 cm³/mol. The summed E-state index contributed by atoms with van der Waals surface area (Å²) in [7, 11) is 0. The minimum Gasteiger partial charge on any atom is -0.312 e. The lowest BCUT2D eigenvalue weighted by atomic mass is 10.2. The second-order valence-corrected chi connectivity index (χ2v) is 2.56. The molecule has 1 amide bonds.